The molecular weight excluding hydrogens is 238 g/mol. The van der Waals surface area contributed by atoms with Gasteiger partial charge in [0.1, 0.15) is 0 Å². The van der Waals surface area contributed by atoms with Gasteiger partial charge in [0, 0.05) is 12.0 Å². The molecule has 0 saturated heterocycles. The van der Waals surface area contributed by atoms with E-state index in [0.29, 0.717) is 30.4 Å². The van der Waals surface area contributed by atoms with Gasteiger partial charge < -0.3 is 9.47 Å². The molecule has 0 N–H and O–H groups in total. The first-order valence-electron chi connectivity index (χ1n) is 5.55. The Morgan fingerprint density at radius 2 is 2.18 bits per heavy atom. The molecule has 0 aromatic heterocycles. The minimum atomic E-state index is 0.394. The van der Waals surface area contributed by atoms with Gasteiger partial charge >= 0.3 is 0 Å². The Balaban J connectivity index is 2.59. The van der Waals surface area contributed by atoms with Crippen molar-refractivity contribution in [3.8, 4) is 17.6 Å². The maximum Gasteiger partial charge on any atom is 0.165 e. The van der Waals surface area contributed by atoms with Crippen molar-refractivity contribution in [1.82, 2.24) is 0 Å². The minimum Gasteiger partial charge on any atom is -0.493 e. The molecule has 3 nitrogen and oxygen atoms in total. The number of ether oxygens (including phenoxy) is 2. The number of hydrogen-bond donors (Lipinski definition) is 0. The monoisotopic (exact) mass is 253 g/mol. The van der Waals surface area contributed by atoms with Crippen molar-refractivity contribution in [1.29, 1.82) is 5.26 Å². The predicted molar refractivity (Wildman–Crippen MR) is 67.5 cm³/mol. The first-order valence-corrected chi connectivity index (χ1v) is 6.08. The highest BCUT2D eigenvalue weighted by molar-refractivity contribution is 6.17. The Hall–Kier alpha value is -1.40. The van der Waals surface area contributed by atoms with Crippen LogP contribution in [-0.4, -0.2) is 13.7 Å². The summed E-state index contributed by atoms with van der Waals surface area (Å²) in [5.41, 5.74) is 0.922. The molecule has 4 heteroatoms. The highest BCUT2D eigenvalue weighted by Crippen LogP contribution is 2.32. The van der Waals surface area contributed by atoms with Gasteiger partial charge in [0.25, 0.3) is 0 Å². The SMILES string of the molecule is COc1cccc(CCl)c1OCCCCC#N. The molecule has 1 rings (SSSR count). The van der Waals surface area contributed by atoms with Crippen LogP contribution in [0.3, 0.4) is 0 Å². The first-order chi connectivity index (χ1) is 8.33. The Bertz CT molecular complexity index is 365. The fourth-order valence-electron chi connectivity index (χ4n) is 1.47. The summed E-state index contributed by atoms with van der Waals surface area (Å²) in [6.07, 6.45) is 2.27. The standard InChI is InChI=1S/C13H16ClNO2/c1-16-12-7-5-6-11(10-14)13(12)17-9-4-2-3-8-15/h5-7H,2-4,9-10H2,1H3. The van der Waals surface area contributed by atoms with Crippen molar-refractivity contribution in [2.75, 3.05) is 13.7 Å². The second kappa shape index (κ2) is 7.81. The van der Waals surface area contributed by atoms with Crippen LogP contribution in [0.2, 0.25) is 0 Å². The second-order valence-electron chi connectivity index (χ2n) is 3.55. The number of methoxy groups -OCH3 is 1. The summed E-state index contributed by atoms with van der Waals surface area (Å²) in [6.45, 7) is 0.575. The molecular formula is C13H16ClNO2. The largest absolute Gasteiger partial charge is 0.493 e. The number of hydrogen-bond acceptors (Lipinski definition) is 3. The molecule has 1 aromatic carbocycles. The van der Waals surface area contributed by atoms with Crippen molar-refractivity contribution in [3.63, 3.8) is 0 Å². The summed E-state index contributed by atoms with van der Waals surface area (Å²) in [5, 5.41) is 8.42. The van der Waals surface area contributed by atoms with E-state index in [1.165, 1.54) is 0 Å². The molecule has 17 heavy (non-hydrogen) atoms. The topological polar surface area (TPSA) is 42.2 Å². The van der Waals surface area contributed by atoms with Gasteiger partial charge in [0.15, 0.2) is 11.5 Å². The van der Waals surface area contributed by atoms with E-state index in [0.717, 1.165) is 18.4 Å². The van der Waals surface area contributed by atoms with E-state index in [2.05, 4.69) is 6.07 Å². The summed E-state index contributed by atoms with van der Waals surface area (Å²) in [7, 11) is 1.61. The van der Waals surface area contributed by atoms with Crippen molar-refractivity contribution >= 4 is 11.6 Å². The highest BCUT2D eigenvalue weighted by atomic mass is 35.5. The van der Waals surface area contributed by atoms with Crippen LogP contribution in [0.4, 0.5) is 0 Å². The summed E-state index contributed by atoms with van der Waals surface area (Å²) < 4.78 is 10.9. The Morgan fingerprint density at radius 3 is 2.82 bits per heavy atom. The average molecular weight is 254 g/mol. The van der Waals surface area contributed by atoms with Gasteiger partial charge in [0.2, 0.25) is 0 Å². The summed E-state index contributed by atoms with van der Waals surface area (Å²) in [6, 6.07) is 7.76. The summed E-state index contributed by atoms with van der Waals surface area (Å²) in [5.74, 6) is 1.80. The molecule has 0 aliphatic rings. The third-order valence-corrected chi connectivity index (χ3v) is 2.64. The molecule has 0 saturated carbocycles. The molecule has 0 atom stereocenters. The maximum atomic E-state index is 8.42. The van der Waals surface area contributed by atoms with E-state index in [9.17, 15) is 0 Å². The fraction of sp³-hybridized carbons (Fsp3) is 0.462. The molecule has 92 valence electrons. The van der Waals surface area contributed by atoms with Crippen LogP contribution in [-0.2, 0) is 5.88 Å². The van der Waals surface area contributed by atoms with E-state index in [1.807, 2.05) is 18.2 Å². The highest BCUT2D eigenvalue weighted by Gasteiger charge is 2.09. The van der Waals surface area contributed by atoms with Crippen LogP contribution >= 0.6 is 11.6 Å². The molecule has 0 aliphatic heterocycles. The number of halogens is 1. The molecule has 0 spiro atoms. The van der Waals surface area contributed by atoms with E-state index in [4.69, 9.17) is 26.3 Å². The Labute approximate surface area is 107 Å². The van der Waals surface area contributed by atoms with Crippen molar-refractivity contribution < 1.29 is 9.47 Å². The molecule has 0 amide bonds. The molecule has 0 radical (unpaired) electrons. The molecule has 1 aromatic rings. The predicted octanol–water partition coefficient (Wildman–Crippen LogP) is 3.51. The van der Waals surface area contributed by atoms with Crippen LogP contribution in [0.25, 0.3) is 0 Å². The second-order valence-corrected chi connectivity index (χ2v) is 3.81. The van der Waals surface area contributed by atoms with Gasteiger partial charge in [-0.25, -0.2) is 0 Å². The lowest BCUT2D eigenvalue weighted by atomic mass is 10.2. The first kappa shape index (κ1) is 13.7. The van der Waals surface area contributed by atoms with Crippen LogP contribution in [0.15, 0.2) is 18.2 Å². The van der Waals surface area contributed by atoms with Gasteiger partial charge in [-0.15, -0.1) is 11.6 Å². The van der Waals surface area contributed by atoms with Crippen LogP contribution in [0.1, 0.15) is 24.8 Å². The Morgan fingerprint density at radius 1 is 1.35 bits per heavy atom. The molecule has 0 aliphatic carbocycles. The van der Waals surface area contributed by atoms with Crippen molar-refractivity contribution in [2.45, 2.75) is 25.1 Å². The minimum absolute atomic E-state index is 0.394. The molecule has 0 bridgehead atoms. The van der Waals surface area contributed by atoms with E-state index >= 15 is 0 Å². The number of nitrogens with zero attached hydrogens (tertiary/aromatic N) is 1. The molecule has 0 unspecified atom stereocenters. The van der Waals surface area contributed by atoms with E-state index < -0.39 is 0 Å². The summed E-state index contributed by atoms with van der Waals surface area (Å²) in [4.78, 5) is 0. The van der Waals surface area contributed by atoms with Crippen molar-refractivity contribution in [2.24, 2.45) is 0 Å². The van der Waals surface area contributed by atoms with Crippen LogP contribution in [0.5, 0.6) is 11.5 Å². The third kappa shape index (κ3) is 4.16. The number of alkyl halides is 1. The zero-order valence-corrected chi connectivity index (χ0v) is 10.7. The normalized spacial score (nSPS) is 9.71. The zero-order chi connectivity index (χ0) is 12.5. The third-order valence-electron chi connectivity index (χ3n) is 2.35. The van der Waals surface area contributed by atoms with Gasteiger partial charge in [0.05, 0.1) is 25.7 Å². The fourth-order valence-corrected chi connectivity index (χ4v) is 1.68. The molecule has 0 fully saturated rings. The average Bonchev–Trinajstić information content (AvgIpc) is 2.38. The molecule has 0 heterocycles. The van der Waals surface area contributed by atoms with Gasteiger partial charge in [-0.05, 0) is 18.9 Å². The maximum absolute atomic E-state index is 8.42. The summed E-state index contributed by atoms with van der Waals surface area (Å²) >= 11 is 5.84. The van der Waals surface area contributed by atoms with Crippen LogP contribution < -0.4 is 9.47 Å². The number of unbranched alkanes of at least 4 members (excludes halogenated alkanes) is 2. The van der Waals surface area contributed by atoms with Crippen molar-refractivity contribution in [3.05, 3.63) is 23.8 Å². The Kier molecular flexibility index (Phi) is 6.27. The number of benzene rings is 1. The lowest BCUT2D eigenvalue weighted by Crippen LogP contribution is -2.01. The lowest BCUT2D eigenvalue weighted by Gasteiger charge is -2.13. The lowest BCUT2D eigenvalue weighted by molar-refractivity contribution is 0.285. The van der Waals surface area contributed by atoms with Gasteiger partial charge in [-0.2, -0.15) is 5.26 Å². The van der Waals surface area contributed by atoms with E-state index in [1.54, 1.807) is 7.11 Å². The number of para-hydroxylation sites is 1. The number of rotatable bonds is 7. The quantitative estimate of drug-likeness (QED) is 0.552. The van der Waals surface area contributed by atoms with Gasteiger partial charge in [-0.1, -0.05) is 12.1 Å². The van der Waals surface area contributed by atoms with E-state index in [-0.39, 0.29) is 0 Å². The number of nitriles is 1. The smallest absolute Gasteiger partial charge is 0.165 e. The van der Waals surface area contributed by atoms with Crippen LogP contribution in [0, 0.1) is 11.3 Å². The van der Waals surface area contributed by atoms with Gasteiger partial charge in [-0.3, -0.25) is 0 Å². The zero-order valence-electron chi connectivity index (χ0n) is 9.91.